The number of hydrogen-bond acceptors (Lipinski definition) is 3. The van der Waals surface area contributed by atoms with Crippen LogP contribution in [0.5, 0.6) is 0 Å². The predicted octanol–water partition coefficient (Wildman–Crippen LogP) is 4.95. The highest BCUT2D eigenvalue weighted by Crippen LogP contribution is 2.60. The molecule has 2 aliphatic rings. The van der Waals surface area contributed by atoms with E-state index >= 15 is 0 Å². The molecule has 3 rings (SSSR count). The van der Waals surface area contributed by atoms with E-state index in [4.69, 9.17) is 0 Å². The largest absolute Gasteiger partial charge is 0.347 e. The molecule has 2 fully saturated rings. The number of amides is 3. The molecule has 30 heavy (non-hydrogen) atoms. The smallest absolute Gasteiger partial charge is 0.251 e. The molecular weight excluding hydrogens is 376 g/mol. The zero-order valence-corrected chi connectivity index (χ0v) is 19.7. The Morgan fingerprint density at radius 2 is 1.63 bits per heavy atom. The lowest BCUT2D eigenvalue weighted by Gasteiger charge is -2.47. The number of rotatable bonds is 4. The van der Waals surface area contributed by atoms with Gasteiger partial charge in [0.05, 0.1) is 11.1 Å². The first-order valence-corrected chi connectivity index (χ1v) is 10.9. The fourth-order valence-corrected chi connectivity index (χ4v) is 5.57. The number of fused-ring (bicyclic) bond motifs is 2. The maximum absolute atomic E-state index is 13.3. The van der Waals surface area contributed by atoms with Crippen molar-refractivity contribution in [3.8, 4) is 0 Å². The third-order valence-electron chi connectivity index (χ3n) is 7.23. The minimum atomic E-state index is -0.543. The molecule has 1 N–H and O–H groups in total. The van der Waals surface area contributed by atoms with Crippen LogP contribution in [-0.4, -0.2) is 23.3 Å². The predicted molar refractivity (Wildman–Crippen MR) is 119 cm³/mol. The van der Waals surface area contributed by atoms with Gasteiger partial charge in [0.2, 0.25) is 11.8 Å². The number of anilines is 1. The van der Waals surface area contributed by atoms with Crippen LogP contribution >= 0.6 is 0 Å². The number of benzene rings is 1. The number of carbonyl (C=O) groups is 3. The molecule has 0 radical (unpaired) electrons. The van der Waals surface area contributed by atoms with Gasteiger partial charge in [-0.1, -0.05) is 41.5 Å². The fraction of sp³-hybridized carbons (Fsp3) is 0.640. The molecule has 0 aromatic heterocycles. The lowest BCUT2D eigenvalue weighted by atomic mass is 9.62. The molecule has 0 spiro atoms. The van der Waals surface area contributed by atoms with E-state index < -0.39 is 5.41 Å². The molecule has 1 aromatic rings. The highest BCUT2D eigenvalue weighted by molar-refractivity contribution is 6.20. The van der Waals surface area contributed by atoms with E-state index in [0.29, 0.717) is 11.3 Å². The second-order valence-corrected chi connectivity index (χ2v) is 11.7. The quantitative estimate of drug-likeness (QED) is 0.712. The third-order valence-corrected chi connectivity index (χ3v) is 7.23. The van der Waals surface area contributed by atoms with Gasteiger partial charge in [-0.05, 0) is 68.2 Å². The van der Waals surface area contributed by atoms with E-state index in [1.165, 1.54) is 4.90 Å². The summed E-state index contributed by atoms with van der Waals surface area (Å²) in [5.74, 6) is -0.556. The van der Waals surface area contributed by atoms with E-state index in [1.54, 1.807) is 24.3 Å². The van der Waals surface area contributed by atoms with Gasteiger partial charge in [0.1, 0.15) is 0 Å². The molecule has 2 bridgehead atoms. The van der Waals surface area contributed by atoms with Gasteiger partial charge < -0.3 is 5.32 Å². The molecular formula is C25H36N2O3. The summed E-state index contributed by atoms with van der Waals surface area (Å²) in [6, 6.07) is 6.82. The molecule has 1 saturated carbocycles. The Morgan fingerprint density at radius 1 is 1.07 bits per heavy atom. The van der Waals surface area contributed by atoms with Crippen molar-refractivity contribution in [2.75, 3.05) is 4.90 Å². The van der Waals surface area contributed by atoms with E-state index in [-0.39, 0.29) is 40.0 Å². The molecule has 1 aliphatic carbocycles. The Morgan fingerprint density at radius 3 is 2.17 bits per heavy atom. The van der Waals surface area contributed by atoms with E-state index in [9.17, 15) is 14.4 Å². The molecule has 0 unspecified atom stereocenters. The normalized spacial score (nSPS) is 26.1. The maximum atomic E-state index is 13.3. The summed E-state index contributed by atoms with van der Waals surface area (Å²) in [7, 11) is 0. The molecule has 1 aromatic carbocycles. The molecule has 3 amide bonds. The first-order chi connectivity index (χ1) is 13.6. The number of nitrogens with one attached hydrogen (secondary N) is 1. The first kappa shape index (κ1) is 22.5. The Hall–Kier alpha value is -2.17. The molecule has 5 heteroatoms. The van der Waals surface area contributed by atoms with E-state index in [1.807, 2.05) is 34.6 Å². The van der Waals surface area contributed by atoms with Crippen LogP contribution in [0.4, 0.5) is 5.69 Å². The maximum Gasteiger partial charge on any atom is 0.251 e. The SMILES string of the molecule is CC(C)(C)CC(C)(C)NC(=O)c1ccc(N2C(=O)[C@H]3CC[C@@](C)(C2=O)C3(C)C)cc1. The van der Waals surface area contributed by atoms with Crippen molar-refractivity contribution >= 4 is 23.4 Å². The summed E-state index contributed by atoms with van der Waals surface area (Å²) in [6.45, 7) is 16.5. The van der Waals surface area contributed by atoms with Crippen molar-refractivity contribution in [1.82, 2.24) is 5.32 Å². The Balaban J connectivity index is 1.80. The van der Waals surface area contributed by atoms with Gasteiger partial charge in [0, 0.05) is 17.0 Å². The second-order valence-electron chi connectivity index (χ2n) is 11.7. The summed E-state index contributed by atoms with van der Waals surface area (Å²) in [5, 5.41) is 3.10. The molecule has 164 valence electrons. The van der Waals surface area contributed by atoms with Crippen LogP contribution in [0.25, 0.3) is 0 Å². The van der Waals surface area contributed by atoms with Crippen molar-refractivity contribution in [3.63, 3.8) is 0 Å². The van der Waals surface area contributed by atoms with Crippen LogP contribution in [0, 0.1) is 22.2 Å². The molecule has 2 atom stereocenters. The van der Waals surface area contributed by atoms with Crippen LogP contribution < -0.4 is 10.2 Å². The summed E-state index contributed by atoms with van der Waals surface area (Å²) in [6.07, 6.45) is 2.32. The summed E-state index contributed by atoms with van der Waals surface area (Å²) in [5.41, 5.74) is -0.0592. The average molecular weight is 413 g/mol. The van der Waals surface area contributed by atoms with Crippen molar-refractivity contribution in [1.29, 1.82) is 0 Å². The van der Waals surface area contributed by atoms with Gasteiger partial charge >= 0.3 is 0 Å². The summed E-state index contributed by atoms with van der Waals surface area (Å²) < 4.78 is 0. The van der Waals surface area contributed by atoms with Crippen molar-refractivity contribution in [2.45, 2.75) is 80.2 Å². The lowest BCUT2D eigenvalue weighted by molar-refractivity contribution is -0.146. The molecule has 1 aliphatic heterocycles. The van der Waals surface area contributed by atoms with Crippen LogP contribution in [0.15, 0.2) is 24.3 Å². The number of piperidine rings is 1. The Bertz CT molecular complexity index is 877. The minimum Gasteiger partial charge on any atom is -0.347 e. The summed E-state index contributed by atoms with van der Waals surface area (Å²) >= 11 is 0. The zero-order valence-electron chi connectivity index (χ0n) is 19.7. The van der Waals surface area contributed by atoms with Crippen molar-refractivity contribution < 1.29 is 14.4 Å². The van der Waals surface area contributed by atoms with Crippen molar-refractivity contribution in [2.24, 2.45) is 22.2 Å². The van der Waals surface area contributed by atoms with E-state index in [2.05, 4.69) is 26.1 Å². The van der Waals surface area contributed by atoms with Gasteiger partial charge in [-0.15, -0.1) is 0 Å². The van der Waals surface area contributed by atoms with Gasteiger partial charge in [-0.2, -0.15) is 0 Å². The number of imide groups is 1. The number of nitrogens with zero attached hydrogens (tertiary/aromatic N) is 1. The highest BCUT2D eigenvalue weighted by atomic mass is 16.2. The lowest BCUT2D eigenvalue weighted by Crippen LogP contribution is -2.59. The minimum absolute atomic E-state index is 0.0961. The monoisotopic (exact) mass is 412 g/mol. The number of carbonyl (C=O) groups excluding carboxylic acids is 3. The first-order valence-electron chi connectivity index (χ1n) is 10.9. The van der Waals surface area contributed by atoms with Gasteiger partial charge in [-0.3, -0.25) is 14.4 Å². The Labute approximate surface area is 180 Å². The highest BCUT2D eigenvalue weighted by Gasteiger charge is 2.64. The average Bonchev–Trinajstić information content (AvgIpc) is 2.76. The van der Waals surface area contributed by atoms with Crippen molar-refractivity contribution in [3.05, 3.63) is 29.8 Å². The van der Waals surface area contributed by atoms with Crippen LogP contribution in [0.1, 0.15) is 85.0 Å². The fourth-order valence-electron chi connectivity index (χ4n) is 5.57. The van der Waals surface area contributed by atoms with Crippen LogP contribution in [-0.2, 0) is 9.59 Å². The van der Waals surface area contributed by atoms with Crippen LogP contribution in [0.2, 0.25) is 0 Å². The molecule has 1 heterocycles. The zero-order chi connectivity index (χ0) is 22.7. The van der Waals surface area contributed by atoms with Gasteiger partial charge in [-0.25, -0.2) is 4.90 Å². The molecule has 5 nitrogen and oxygen atoms in total. The molecule has 1 saturated heterocycles. The summed E-state index contributed by atoms with van der Waals surface area (Å²) in [4.78, 5) is 40.5. The van der Waals surface area contributed by atoms with Gasteiger partial charge in [0.15, 0.2) is 0 Å². The van der Waals surface area contributed by atoms with E-state index in [0.717, 1.165) is 19.3 Å². The third kappa shape index (κ3) is 3.67. The topological polar surface area (TPSA) is 66.5 Å². The standard InChI is InChI=1S/C25H36N2O3/c1-22(2,3)15-23(4,5)26-19(28)16-9-11-17(12-10-16)27-20(29)18-13-14-25(8,21(27)30)24(18,6)7/h9-12,18H,13-15H2,1-8H3,(H,26,28)/t18-,25+/m1/s1. The van der Waals surface area contributed by atoms with Crippen LogP contribution in [0.3, 0.4) is 0 Å². The number of hydrogen-bond donors (Lipinski definition) is 1. The Kier molecular flexibility index (Phi) is 5.20. The van der Waals surface area contributed by atoms with Gasteiger partial charge in [0.25, 0.3) is 5.91 Å². The second kappa shape index (κ2) is 6.93.